The van der Waals surface area contributed by atoms with Crippen molar-refractivity contribution >= 4 is 22.7 Å². The topological polar surface area (TPSA) is 44.3 Å². The normalized spacial score (nSPS) is 19.4. The van der Waals surface area contributed by atoms with Crippen molar-refractivity contribution in [3.63, 3.8) is 0 Å². The van der Waals surface area contributed by atoms with Crippen molar-refractivity contribution in [1.29, 1.82) is 0 Å². The summed E-state index contributed by atoms with van der Waals surface area (Å²) in [4.78, 5) is 14.4. The molecule has 3 heterocycles. The number of nitrogens with one attached hydrogen (secondary N) is 1. The maximum atomic E-state index is 4.92. The highest BCUT2D eigenvalue weighted by Gasteiger charge is 2.20. The van der Waals surface area contributed by atoms with E-state index in [-0.39, 0.29) is 0 Å². The van der Waals surface area contributed by atoms with Crippen LogP contribution < -0.4 is 15.1 Å². The van der Waals surface area contributed by atoms with Gasteiger partial charge in [-0.05, 0) is 25.0 Å². The van der Waals surface area contributed by atoms with E-state index in [0.29, 0.717) is 0 Å². The number of anilines is 2. The number of aromatic nitrogens is 2. The van der Waals surface area contributed by atoms with Gasteiger partial charge in [-0.2, -0.15) is 4.98 Å². The van der Waals surface area contributed by atoms with E-state index in [4.69, 9.17) is 9.97 Å². The average molecular weight is 283 g/mol. The number of para-hydroxylation sites is 1. The molecule has 1 N–H and O–H groups in total. The summed E-state index contributed by atoms with van der Waals surface area (Å²) < 4.78 is 0. The smallest absolute Gasteiger partial charge is 0.227 e. The molecule has 5 nitrogen and oxygen atoms in total. The number of hydrogen-bond donors (Lipinski definition) is 1. The van der Waals surface area contributed by atoms with Gasteiger partial charge in [0, 0.05) is 44.7 Å². The van der Waals surface area contributed by atoms with E-state index >= 15 is 0 Å². The Hall–Kier alpha value is -1.88. The Morgan fingerprint density at radius 3 is 2.43 bits per heavy atom. The number of benzene rings is 1. The molecule has 0 spiro atoms. The molecular weight excluding hydrogens is 262 g/mol. The molecule has 110 valence electrons. The average Bonchev–Trinajstić information content (AvgIpc) is 3.09. The summed E-state index contributed by atoms with van der Waals surface area (Å²) >= 11 is 0. The van der Waals surface area contributed by atoms with Crippen molar-refractivity contribution in [2.75, 3.05) is 49.1 Å². The first kappa shape index (κ1) is 12.8. The zero-order chi connectivity index (χ0) is 14.1. The lowest BCUT2D eigenvalue weighted by molar-refractivity contribution is 0.580. The molecule has 5 heteroatoms. The minimum Gasteiger partial charge on any atom is -0.356 e. The van der Waals surface area contributed by atoms with Crippen LogP contribution in [0.15, 0.2) is 24.3 Å². The molecule has 0 bridgehead atoms. The third-order valence-corrected chi connectivity index (χ3v) is 4.38. The lowest BCUT2D eigenvalue weighted by atomic mass is 10.2. The molecule has 0 atom stereocenters. The SMILES string of the molecule is c1ccc2c(N3CCCC3)nc(N3CCNCC3)nc2c1. The second kappa shape index (κ2) is 5.48. The van der Waals surface area contributed by atoms with Gasteiger partial charge in [0.25, 0.3) is 0 Å². The van der Waals surface area contributed by atoms with Crippen LogP contribution in [0.2, 0.25) is 0 Å². The molecule has 2 aromatic rings. The molecule has 21 heavy (non-hydrogen) atoms. The number of nitrogens with zero attached hydrogens (tertiary/aromatic N) is 4. The van der Waals surface area contributed by atoms with Crippen LogP contribution in [0, 0.1) is 0 Å². The minimum absolute atomic E-state index is 0.886. The molecular formula is C16H21N5. The zero-order valence-electron chi connectivity index (χ0n) is 12.3. The summed E-state index contributed by atoms with van der Waals surface area (Å²) in [6, 6.07) is 8.38. The molecule has 0 saturated carbocycles. The van der Waals surface area contributed by atoms with Crippen molar-refractivity contribution in [3.8, 4) is 0 Å². The molecule has 0 radical (unpaired) electrons. The fraction of sp³-hybridized carbons (Fsp3) is 0.500. The van der Waals surface area contributed by atoms with Crippen molar-refractivity contribution in [2.24, 2.45) is 0 Å². The van der Waals surface area contributed by atoms with Gasteiger partial charge in [-0.15, -0.1) is 0 Å². The molecule has 4 rings (SSSR count). The van der Waals surface area contributed by atoms with Gasteiger partial charge in [0.1, 0.15) is 5.82 Å². The third kappa shape index (κ3) is 2.42. The van der Waals surface area contributed by atoms with Crippen LogP contribution in [0.3, 0.4) is 0 Å². The van der Waals surface area contributed by atoms with E-state index in [1.54, 1.807) is 0 Å². The van der Waals surface area contributed by atoms with Crippen LogP contribution in [-0.2, 0) is 0 Å². The second-order valence-corrected chi connectivity index (χ2v) is 5.80. The Bertz CT molecular complexity index is 630. The Morgan fingerprint density at radius 1 is 0.857 bits per heavy atom. The van der Waals surface area contributed by atoms with E-state index in [9.17, 15) is 0 Å². The summed E-state index contributed by atoms with van der Waals surface area (Å²) in [6.45, 7) is 6.21. The largest absolute Gasteiger partial charge is 0.356 e. The number of hydrogen-bond acceptors (Lipinski definition) is 5. The van der Waals surface area contributed by atoms with Gasteiger partial charge in [-0.3, -0.25) is 0 Å². The molecule has 1 aromatic heterocycles. The molecule has 2 saturated heterocycles. The van der Waals surface area contributed by atoms with Gasteiger partial charge in [-0.1, -0.05) is 12.1 Å². The van der Waals surface area contributed by atoms with Crippen LogP contribution in [0.1, 0.15) is 12.8 Å². The molecule has 0 amide bonds. The molecule has 2 aliphatic heterocycles. The minimum atomic E-state index is 0.886. The van der Waals surface area contributed by atoms with Crippen molar-refractivity contribution in [1.82, 2.24) is 15.3 Å². The molecule has 2 fully saturated rings. The van der Waals surface area contributed by atoms with Crippen LogP contribution >= 0.6 is 0 Å². The van der Waals surface area contributed by atoms with Crippen molar-refractivity contribution in [2.45, 2.75) is 12.8 Å². The Labute approximate surface area is 125 Å². The molecule has 2 aliphatic rings. The van der Waals surface area contributed by atoms with Gasteiger partial charge in [0.05, 0.1) is 5.52 Å². The maximum absolute atomic E-state index is 4.92. The maximum Gasteiger partial charge on any atom is 0.227 e. The van der Waals surface area contributed by atoms with Crippen LogP contribution in [0.4, 0.5) is 11.8 Å². The fourth-order valence-electron chi connectivity index (χ4n) is 3.22. The van der Waals surface area contributed by atoms with E-state index in [2.05, 4.69) is 39.4 Å². The van der Waals surface area contributed by atoms with E-state index in [1.165, 1.54) is 18.2 Å². The lowest BCUT2D eigenvalue weighted by Crippen LogP contribution is -2.44. The molecule has 0 aliphatic carbocycles. The Kier molecular flexibility index (Phi) is 3.35. The van der Waals surface area contributed by atoms with Gasteiger partial charge >= 0.3 is 0 Å². The summed E-state index contributed by atoms with van der Waals surface area (Å²) in [5.74, 6) is 2.00. The molecule has 0 unspecified atom stereocenters. The van der Waals surface area contributed by atoms with Gasteiger partial charge in [0.2, 0.25) is 5.95 Å². The zero-order valence-corrected chi connectivity index (χ0v) is 12.3. The van der Waals surface area contributed by atoms with E-state index in [1.807, 2.05) is 0 Å². The first-order valence-electron chi connectivity index (χ1n) is 7.89. The van der Waals surface area contributed by atoms with E-state index < -0.39 is 0 Å². The standard InChI is InChI=1S/C16H21N5/c1-2-6-14-13(5-1)15(20-9-3-4-10-20)19-16(18-14)21-11-7-17-8-12-21/h1-2,5-6,17H,3-4,7-12H2. The first-order valence-corrected chi connectivity index (χ1v) is 7.89. The summed E-state index contributed by atoms with van der Waals surface area (Å²) in [7, 11) is 0. The number of piperazine rings is 1. The molecule has 1 aromatic carbocycles. The second-order valence-electron chi connectivity index (χ2n) is 5.80. The summed E-state index contributed by atoms with van der Waals surface area (Å²) in [6.07, 6.45) is 2.53. The third-order valence-electron chi connectivity index (χ3n) is 4.38. The summed E-state index contributed by atoms with van der Waals surface area (Å²) in [5, 5.41) is 4.56. The van der Waals surface area contributed by atoms with Crippen molar-refractivity contribution in [3.05, 3.63) is 24.3 Å². The van der Waals surface area contributed by atoms with Gasteiger partial charge < -0.3 is 15.1 Å². The Morgan fingerprint density at radius 2 is 1.62 bits per heavy atom. The summed E-state index contributed by atoms with van der Waals surface area (Å²) in [5.41, 5.74) is 1.06. The lowest BCUT2D eigenvalue weighted by Gasteiger charge is -2.29. The van der Waals surface area contributed by atoms with Gasteiger partial charge in [0.15, 0.2) is 0 Å². The van der Waals surface area contributed by atoms with E-state index in [0.717, 1.165) is 56.6 Å². The predicted molar refractivity (Wildman–Crippen MR) is 86.1 cm³/mol. The monoisotopic (exact) mass is 283 g/mol. The highest BCUT2D eigenvalue weighted by Crippen LogP contribution is 2.28. The number of fused-ring (bicyclic) bond motifs is 1. The van der Waals surface area contributed by atoms with Crippen LogP contribution in [0.25, 0.3) is 10.9 Å². The highest BCUT2D eigenvalue weighted by molar-refractivity contribution is 5.90. The van der Waals surface area contributed by atoms with Crippen LogP contribution in [0.5, 0.6) is 0 Å². The highest BCUT2D eigenvalue weighted by atomic mass is 15.3. The van der Waals surface area contributed by atoms with Crippen molar-refractivity contribution < 1.29 is 0 Å². The Balaban J connectivity index is 1.80. The predicted octanol–water partition coefficient (Wildman–Crippen LogP) is 1.64. The van der Waals surface area contributed by atoms with Crippen LogP contribution in [-0.4, -0.2) is 49.2 Å². The number of rotatable bonds is 2. The first-order chi connectivity index (χ1) is 10.4. The van der Waals surface area contributed by atoms with Gasteiger partial charge in [-0.25, -0.2) is 4.98 Å². The quantitative estimate of drug-likeness (QED) is 0.908. The fourth-order valence-corrected chi connectivity index (χ4v) is 3.22.